The molecule has 0 saturated heterocycles. The fourth-order valence-corrected chi connectivity index (χ4v) is 11.0. The minimum atomic E-state index is -0.0206. The van der Waals surface area contributed by atoms with Crippen molar-refractivity contribution in [2.45, 2.75) is 84.9 Å². The summed E-state index contributed by atoms with van der Waals surface area (Å²) in [5.41, 5.74) is 3.08. The van der Waals surface area contributed by atoms with Crippen LogP contribution in [0, 0.1) is 0 Å². The van der Waals surface area contributed by atoms with Crippen LogP contribution in [0.4, 0.5) is 0 Å². The van der Waals surface area contributed by atoms with Gasteiger partial charge in [-0.2, -0.15) is 12.1 Å². The van der Waals surface area contributed by atoms with E-state index in [9.17, 15) is 0 Å². The van der Waals surface area contributed by atoms with Gasteiger partial charge in [-0.05, 0) is 29.6 Å². The summed E-state index contributed by atoms with van der Waals surface area (Å²) in [5.74, 6) is 0. The summed E-state index contributed by atoms with van der Waals surface area (Å²) < 4.78 is 0. The Morgan fingerprint density at radius 1 is 0.632 bits per heavy atom. The molecule has 0 aliphatic heterocycles. The van der Waals surface area contributed by atoms with Crippen LogP contribution in [0.3, 0.4) is 0 Å². The Bertz CT molecular complexity index is 1070. The van der Waals surface area contributed by atoms with E-state index in [1.165, 1.54) is 21.5 Å². The average molecular weight is 579 g/mol. The minimum Gasteiger partial charge on any atom is -0.161 e. The average Bonchev–Trinajstić information content (AvgIpc) is 3.43. The molecule has 3 heteroatoms. The fraction of sp³-hybridized carbons (Fsp3) is 0.371. The number of hydrogen-bond acceptors (Lipinski definition) is 0. The van der Waals surface area contributed by atoms with Gasteiger partial charge in [0.1, 0.15) is 0 Å². The van der Waals surface area contributed by atoms with E-state index >= 15 is 0 Å². The molecule has 4 aromatic rings. The smallest absolute Gasteiger partial charge is 0.161 e. The van der Waals surface area contributed by atoms with Gasteiger partial charge in [-0.3, -0.25) is 0 Å². The zero-order valence-corrected chi connectivity index (χ0v) is 28.4. The summed E-state index contributed by atoms with van der Waals surface area (Å²) in [4.78, 5) is 0. The Hall–Kier alpha value is -1.29. The van der Waals surface area contributed by atoms with Gasteiger partial charge in [0.25, 0.3) is 0 Å². The molecule has 0 N–H and O–H groups in total. The van der Waals surface area contributed by atoms with Crippen molar-refractivity contribution in [3.05, 3.63) is 97.6 Å². The van der Waals surface area contributed by atoms with E-state index in [2.05, 4.69) is 135 Å². The molecule has 4 rings (SSSR count). The molecular weight excluding hydrogens is 530 g/mol. The van der Waals surface area contributed by atoms with Crippen molar-refractivity contribution in [1.29, 1.82) is 0 Å². The number of hydrogen-bond donors (Lipinski definition) is 0. The van der Waals surface area contributed by atoms with Crippen LogP contribution >= 0.6 is 15.8 Å². The van der Waals surface area contributed by atoms with E-state index in [1.807, 2.05) is 19.1 Å². The molecule has 0 atom stereocenters. The van der Waals surface area contributed by atoms with E-state index in [1.54, 1.807) is 16.7 Å². The van der Waals surface area contributed by atoms with Crippen LogP contribution in [-0.4, -0.2) is 22.6 Å². The predicted octanol–water partition coefficient (Wildman–Crippen LogP) is 10.7. The Balaban J connectivity index is 0.000000317. The fourth-order valence-electron chi connectivity index (χ4n) is 5.09. The van der Waals surface area contributed by atoms with Gasteiger partial charge in [-0.25, -0.2) is 0 Å². The molecule has 0 amide bonds. The number of allylic oxidation sites excluding steroid dienone is 3. The standard InChI is InChI=1S/2C15H20P.C5H8.Ti/c2*1-11(2)16(12(3)4)15-9-13-7-5-6-8-14(13)10-15;1-3-5-4-2;/h2*5-12H,1-4H3;3-5H,1H2,2H3;/q2*-1;;+2. The van der Waals surface area contributed by atoms with E-state index < -0.39 is 0 Å². The second kappa shape index (κ2) is 17.4. The van der Waals surface area contributed by atoms with Crippen LogP contribution in [0.1, 0.15) is 62.3 Å². The van der Waals surface area contributed by atoms with Crippen LogP contribution < -0.4 is 10.6 Å². The maximum Gasteiger partial charge on any atom is 2.00 e. The molecular formula is C35H48P2Ti. The Kier molecular flexibility index (Phi) is 15.9. The maximum absolute atomic E-state index is 3.46. The SMILES string of the molecule is C=CC=CC.CC(C)P(c1cc2ccccc2[cH-]1)C(C)C.CC(C)P(c1cc2ccccc2[cH-]1)C(C)C.[Ti+2]. The maximum atomic E-state index is 3.46. The van der Waals surface area contributed by atoms with Crippen LogP contribution in [0.25, 0.3) is 21.5 Å². The summed E-state index contributed by atoms with van der Waals surface area (Å²) >= 11 is 0. The third kappa shape index (κ3) is 10.0. The van der Waals surface area contributed by atoms with Crippen LogP contribution in [0.15, 0.2) is 97.6 Å². The van der Waals surface area contributed by atoms with Crippen LogP contribution in [0.5, 0.6) is 0 Å². The first-order valence-electron chi connectivity index (χ1n) is 13.7. The zero-order valence-electron chi connectivity index (χ0n) is 25.1. The third-order valence-electron chi connectivity index (χ3n) is 6.36. The number of benzene rings is 2. The second-order valence-electron chi connectivity index (χ2n) is 10.6. The first kappa shape index (κ1) is 34.7. The molecule has 0 fully saturated rings. The van der Waals surface area contributed by atoms with E-state index in [4.69, 9.17) is 0 Å². The number of fused-ring (bicyclic) bond motifs is 2. The Labute approximate surface area is 251 Å². The van der Waals surface area contributed by atoms with Gasteiger partial charge in [0.2, 0.25) is 0 Å². The first-order valence-corrected chi connectivity index (χ1v) is 16.7. The Morgan fingerprint density at radius 2 is 0.974 bits per heavy atom. The summed E-state index contributed by atoms with van der Waals surface area (Å²) in [6.07, 6.45) is 5.58. The first-order chi connectivity index (χ1) is 17.6. The molecule has 38 heavy (non-hydrogen) atoms. The third-order valence-corrected chi connectivity index (χ3v) is 12.5. The van der Waals surface area contributed by atoms with Gasteiger partial charge < -0.3 is 0 Å². The van der Waals surface area contributed by atoms with Crippen molar-refractivity contribution in [3.63, 3.8) is 0 Å². The quantitative estimate of drug-likeness (QED) is 0.0886. The second-order valence-corrected chi connectivity index (χ2v) is 17.4. The molecule has 202 valence electrons. The van der Waals surface area contributed by atoms with Crippen molar-refractivity contribution >= 4 is 48.0 Å². The molecule has 0 spiro atoms. The summed E-state index contributed by atoms with van der Waals surface area (Å²) in [7, 11) is -0.0412. The predicted molar refractivity (Wildman–Crippen MR) is 178 cm³/mol. The molecule has 0 unspecified atom stereocenters. The van der Waals surface area contributed by atoms with Gasteiger partial charge in [0, 0.05) is 0 Å². The molecule has 4 aromatic carbocycles. The monoisotopic (exact) mass is 578 g/mol. The molecule has 0 heterocycles. The summed E-state index contributed by atoms with van der Waals surface area (Å²) in [6, 6.07) is 26.9. The topological polar surface area (TPSA) is 0 Å². The van der Waals surface area contributed by atoms with Crippen molar-refractivity contribution in [2.75, 3.05) is 0 Å². The normalized spacial score (nSPS) is 11.4. The Morgan fingerprint density at radius 3 is 1.21 bits per heavy atom. The van der Waals surface area contributed by atoms with E-state index in [0.29, 0.717) is 0 Å². The summed E-state index contributed by atoms with van der Waals surface area (Å²) in [5, 5.41) is 8.72. The van der Waals surface area contributed by atoms with Crippen LogP contribution in [-0.2, 0) is 21.7 Å². The van der Waals surface area contributed by atoms with Crippen molar-refractivity contribution in [2.24, 2.45) is 0 Å². The van der Waals surface area contributed by atoms with Gasteiger partial charge >= 0.3 is 21.7 Å². The van der Waals surface area contributed by atoms with Crippen molar-refractivity contribution < 1.29 is 21.7 Å². The van der Waals surface area contributed by atoms with Gasteiger partial charge in [-0.1, -0.05) is 108 Å². The number of rotatable bonds is 7. The van der Waals surface area contributed by atoms with Crippen molar-refractivity contribution in [1.82, 2.24) is 0 Å². The van der Waals surface area contributed by atoms with Crippen LogP contribution in [0.2, 0.25) is 0 Å². The van der Waals surface area contributed by atoms with E-state index in [-0.39, 0.29) is 37.6 Å². The zero-order chi connectivity index (χ0) is 27.5. The molecule has 0 bridgehead atoms. The van der Waals surface area contributed by atoms with Gasteiger partial charge in [0.15, 0.2) is 0 Å². The minimum absolute atomic E-state index is 0. The molecule has 0 nitrogen and oxygen atoms in total. The van der Waals surface area contributed by atoms with Gasteiger partial charge in [0.05, 0.1) is 0 Å². The van der Waals surface area contributed by atoms with Crippen molar-refractivity contribution in [3.8, 4) is 0 Å². The largest absolute Gasteiger partial charge is 2.00 e. The molecule has 0 aromatic heterocycles. The van der Waals surface area contributed by atoms with E-state index in [0.717, 1.165) is 22.6 Å². The van der Waals surface area contributed by atoms with Gasteiger partial charge in [-0.15, -0.1) is 80.7 Å². The molecule has 0 saturated carbocycles. The molecule has 0 aliphatic rings. The summed E-state index contributed by atoms with van der Waals surface area (Å²) in [6.45, 7) is 24.2. The molecule has 0 radical (unpaired) electrons. The molecule has 0 aliphatic carbocycles.